The van der Waals surface area contributed by atoms with Gasteiger partial charge in [-0.15, -0.1) is 18.1 Å². The van der Waals surface area contributed by atoms with Gasteiger partial charge < -0.3 is 9.31 Å². The molecule has 3 heteroatoms. The molecule has 1 heterocycles. The highest BCUT2D eigenvalue weighted by Gasteiger charge is 2.52. The van der Waals surface area contributed by atoms with Gasteiger partial charge in [-0.1, -0.05) is 25.5 Å². The predicted octanol–water partition coefficient (Wildman–Crippen LogP) is 5.25. The summed E-state index contributed by atoms with van der Waals surface area (Å²) < 4.78 is 12.5. The van der Waals surface area contributed by atoms with Crippen molar-refractivity contribution in [1.29, 1.82) is 0 Å². The molecule has 126 valence electrons. The van der Waals surface area contributed by atoms with Gasteiger partial charge in [-0.25, -0.2) is 0 Å². The molecule has 0 atom stereocenters. The van der Waals surface area contributed by atoms with E-state index in [2.05, 4.69) is 52.8 Å². The molecular formula is C20H31BO2. The summed E-state index contributed by atoms with van der Waals surface area (Å²) in [5.41, 5.74) is 4.66. The van der Waals surface area contributed by atoms with E-state index < -0.39 is 0 Å². The average molecular weight is 314 g/mol. The first-order chi connectivity index (χ1) is 10.8. The Morgan fingerprint density at radius 3 is 2.17 bits per heavy atom. The van der Waals surface area contributed by atoms with Crippen molar-refractivity contribution in [3.05, 3.63) is 29.4 Å². The van der Waals surface area contributed by atoms with E-state index in [9.17, 15) is 0 Å². The minimum absolute atomic E-state index is 0.341. The van der Waals surface area contributed by atoms with E-state index in [0.29, 0.717) is 0 Å². The van der Waals surface area contributed by atoms with Crippen LogP contribution in [0.4, 0.5) is 0 Å². The number of hydrogen-bond donors (Lipinski definition) is 0. The fourth-order valence-corrected chi connectivity index (χ4v) is 2.62. The van der Waals surface area contributed by atoms with Crippen LogP contribution < -0.4 is 0 Å². The van der Waals surface area contributed by atoms with Gasteiger partial charge in [0.1, 0.15) is 0 Å². The number of rotatable bonds is 8. The summed E-state index contributed by atoms with van der Waals surface area (Å²) in [5.74, 6) is 2.72. The second-order valence-electron chi connectivity index (χ2n) is 7.16. The van der Waals surface area contributed by atoms with Gasteiger partial charge in [-0.2, -0.15) is 0 Å². The molecule has 0 saturated carbocycles. The molecule has 1 saturated heterocycles. The Balaban J connectivity index is 3.12. The average Bonchev–Trinajstić information content (AvgIpc) is 2.69. The van der Waals surface area contributed by atoms with E-state index in [-0.39, 0.29) is 18.3 Å². The molecule has 0 radical (unpaired) electrons. The number of terminal acetylenes is 1. The lowest BCUT2D eigenvalue weighted by Crippen LogP contribution is -2.41. The molecule has 1 rings (SSSR count). The van der Waals surface area contributed by atoms with Crippen molar-refractivity contribution in [3.63, 3.8) is 0 Å². The zero-order valence-corrected chi connectivity index (χ0v) is 15.5. The van der Waals surface area contributed by atoms with Crippen molar-refractivity contribution in [1.82, 2.24) is 0 Å². The fraction of sp³-hybridized carbons (Fsp3) is 0.650. The zero-order valence-electron chi connectivity index (χ0n) is 15.5. The maximum atomic E-state index is 6.23. The molecule has 0 spiro atoms. The predicted molar refractivity (Wildman–Crippen MR) is 99.0 cm³/mol. The van der Waals surface area contributed by atoms with Crippen LogP contribution in [0.5, 0.6) is 0 Å². The fourth-order valence-electron chi connectivity index (χ4n) is 2.62. The Kier molecular flexibility index (Phi) is 7.42. The van der Waals surface area contributed by atoms with E-state index in [4.69, 9.17) is 15.7 Å². The van der Waals surface area contributed by atoms with Gasteiger partial charge >= 0.3 is 7.12 Å². The molecule has 1 fully saturated rings. The van der Waals surface area contributed by atoms with Crippen LogP contribution in [0, 0.1) is 12.3 Å². The number of allylic oxidation sites excluding steroid dienone is 3. The Morgan fingerprint density at radius 2 is 1.70 bits per heavy atom. The smallest absolute Gasteiger partial charge is 0.399 e. The summed E-state index contributed by atoms with van der Waals surface area (Å²) >= 11 is 0. The second kappa shape index (κ2) is 8.60. The number of unbranched alkanes of at least 4 members (excludes halogenated alkanes) is 2. The summed E-state index contributed by atoms with van der Waals surface area (Å²) in [6, 6.07) is 0. The summed E-state index contributed by atoms with van der Waals surface area (Å²) in [5, 5.41) is 0. The topological polar surface area (TPSA) is 18.5 Å². The number of hydrogen-bond acceptors (Lipinski definition) is 2. The monoisotopic (exact) mass is 314 g/mol. The van der Waals surface area contributed by atoms with Crippen molar-refractivity contribution in [3.8, 4) is 12.3 Å². The Morgan fingerprint density at radius 1 is 1.13 bits per heavy atom. The molecule has 2 nitrogen and oxygen atoms in total. The van der Waals surface area contributed by atoms with Crippen molar-refractivity contribution in [2.75, 3.05) is 0 Å². The third-order valence-electron chi connectivity index (χ3n) is 4.80. The molecular weight excluding hydrogens is 283 g/mol. The normalized spacial score (nSPS) is 19.7. The molecule has 1 aliphatic heterocycles. The maximum Gasteiger partial charge on any atom is 0.495 e. The van der Waals surface area contributed by atoms with Crippen molar-refractivity contribution in [2.24, 2.45) is 0 Å². The Hall–Kier alpha value is -1.20. The molecule has 23 heavy (non-hydrogen) atoms. The Labute approximate surface area is 143 Å². The minimum Gasteiger partial charge on any atom is -0.399 e. The Bertz CT molecular complexity index is 500. The zero-order chi connectivity index (χ0) is 17.5. The largest absolute Gasteiger partial charge is 0.495 e. The molecule has 0 unspecified atom stereocenters. The lowest BCUT2D eigenvalue weighted by Gasteiger charge is -2.32. The van der Waals surface area contributed by atoms with Crippen LogP contribution in [-0.4, -0.2) is 18.3 Å². The SMILES string of the molecule is C#CCCC/C(CCCC)=C(/C=C=C)B1OC(C)(C)C(C)(C)O1. The first-order valence-electron chi connectivity index (χ1n) is 8.66. The summed E-state index contributed by atoms with van der Waals surface area (Å²) in [4.78, 5) is 0. The van der Waals surface area contributed by atoms with Crippen LogP contribution >= 0.6 is 0 Å². The molecule has 0 aromatic heterocycles. The van der Waals surface area contributed by atoms with Crippen LogP contribution in [0.1, 0.15) is 73.1 Å². The van der Waals surface area contributed by atoms with Gasteiger partial charge in [0.05, 0.1) is 11.2 Å². The summed E-state index contributed by atoms with van der Waals surface area (Å²) in [6.07, 6.45) is 13.4. The third kappa shape index (κ3) is 5.15. The maximum absolute atomic E-state index is 6.23. The lowest BCUT2D eigenvalue weighted by molar-refractivity contribution is 0.00578. The van der Waals surface area contributed by atoms with E-state index in [1.165, 1.54) is 5.57 Å². The molecule has 0 amide bonds. The second-order valence-corrected chi connectivity index (χ2v) is 7.16. The van der Waals surface area contributed by atoms with Crippen molar-refractivity contribution >= 4 is 7.12 Å². The van der Waals surface area contributed by atoms with E-state index in [1.54, 1.807) is 0 Å². The highest BCUT2D eigenvalue weighted by atomic mass is 16.7. The highest BCUT2D eigenvalue weighted by Crippen LogP contribution is 2.40. The van der Waals surface area contributed by atoms with Gasteiger partial charge in [-0.3, -0.25) is 0 Å². The van der Waals surface area contributed by atoms with Crippen LogP contribution in [0.2, 0.25) is 0 Å². The third-order valence-corrected chi connectivity index (χ3v) is 4.80. The molecule has 1 aliphatic rings. The molecule has 0 N–H and O–H groups in total. The van der Waals surface area contributed by atoms with Crippen molar-refractivity contribution < 1.29 is 9.31 Å². The lowest BCUT2D eigenvalue weighted by atomic mass is 9.73. The van der Waals surface area contributed by atoms with Gasteiger partial charge in [0.2, 0.25) is 0 Å². The highest BCUT2D eigenvalue weighted by molar-refractivity contribution is 6.55. The van der Waals surface area contributed by atoms with Gasteiger partial charge in [0, 0.05) is 6.42 Å². The van der Waals surface area contributed by atoms with E-state index >= 15 is 0 Å². The van der Waals surface area contributed by atoms with E-state index in [1.807, 2.05) is 6.08 Å². The van der Waals surface area contributed by atoms with E-state index in [0.717, 1.165) is 44.0 Å². The van der Waals surface area contributed by atoms with Gasteiger partial charge in [0.25, 0.3) is 0 Å². The van der Waals surface area contributed by atoms with Crippen molar-refractivity contribution in [2.45, 2.75) is 84.3 Å². The molecule has 0 bridgehead atoms. The van der Waals surface area contributed by atoms with Crippen LogP contribution in [0.3, 0.4) is 0 Å². The van der Waals surface area contributed by atoms with Gasteiger partial charge in [-0.05, 0) is 64.9 Å². The van der Waals surface area contributed by atoms with Crippen LogP contribution in [0.25, 0.3) is 0 Å². The molecule has 0 aromatic rings. The quantitative estimate of drug-likeness (QED) is 0.200. The first-order valence-corrected chi connectivity index (χ1v) is 8.66. The summed E-state index contributed by atoms with van der Waals surface area (Å²) in [6.45, 7) is 14.3. The molecule has 0 aromatic carbocycles. The summed E-state index contributed by atoms with van der Waals surface area (Å²) in [7, 11) is -0.355. The van der Waals surface area contributed by atoms with Gasteiger partial charge in [0.15, 0.2) is 0 Å². The molecule has 0 aliphatic carbocycles. The minimum atomic E-state index is -0.355. The van der Waals surface area contributed by atoms with Crippen LogP contribution in [-0.2, 0) is 9.31 Å². The standard InChI is InChI=1S/C20H31BO2/c1-8-11-13-16-17(15-12-9-2)18(14-10-3)21-22-19(4,5)20(6,7)23-21/h1,14H,3,9,11-13,15-16H2,2,4-7H3/b18-17-. The first kappa shape index (κ1) is 19.9. The van der Waals surface area contributed by atoms with Crippen LogP contribution in [0.15, 0.2) is 29.4 Å².